The summed E-state index contributed by atoms with van der Waals surface area (Å²) in [5.74, 6) is -1.63. The van der Waals surface area contributed by atoms with Gasteiger partial charge in [0.25, 0.3) is 11.8 Å². The van der Waals surface area contributed by atoms with Crippen molar-refractivity contribution in [1.82, 2.24) is 9.80 Å². The summed E-state index contributed by atoms with van der Waals surface area (Å²) in [6.45, 7) is 5.62. The number of imide groups is 1. The summed E-state index contributed by atoms with van der Waals surface area (Å²) in [6.07, 6.45) is 4.86. The van der Waals surface area contributed by atoms with Crippen molar-refractivity contribution in [3.8, 4) is 0 Å². The number of amides is 4. The molecule has 4 rings (SSSR count). The second-order valence-electron chi connectivity index (χ2n) is 8.92. The highest BCUT2D eigenvalue weighted by molar-refractivity contribution is 6.22. The fourth-order valence-electron chi connectivity index (χ4n) is 4.86. The summed E-state index contributed by atoms with van der Waals surface area (Å²) in [5.41, 5.74) is 1.30. The standard InChI is InChI=1S/C27H29N3O4/c1-3-4-17-30(23(31)18-29-24(32)21-9-5-6-10-22(21)25(29)33)27(15-7-8-16-27)26(34)28-20-13-11-19(2)12-14-20/h3,5-6,9-14H,1,4,7-8,15-18H2,2H3,(H,28,34). The minimum absolute atomic E-state index is 0.242. The van der Waals surface area contributed by atoms with E-state index in [9.17, 15) is 19.2 Å². The number of nitrogens with zero attached hydrogens (tertiary/aromatic N) is 2. The predicted octanol–water partition coefficient (Wildman–Crippen LogP) is 3.95. The van der Waals surface area contributed by atoms with E-state index in [1.54, 1.807) is 35.2 Å². The fourth-order valence-corrected chi connectivity index (χ4v) is 4.86. The second kappa shape index (κ2) is 9.63. The Hall–Kier alpha value is -3.74. The van der Waals surface area contributed by atoms with Crippen LogP contribution >= 0.6 is 0 Å². The molecule has 0 bridgehead atoms. The zero-order chi connectivity index (χ0) is 24.3. The molecule has 1 aliphatic carbocycles. The first kappa shape index (κ1) is 23.4. The van der Waals surface area contributed by atoms with Crippen molar-refractivity contribution in [1.29, 1.82) is 0 Å². The number of hydrogen-bond donors (Lipinski definition) is 1. The SMILES string of the molecule is C=CCCN(C(=O)CN1C(=O)c2ccccc2C1=O)C1(C(=O)Nc2ccc(C)cc2)CCCC1. The first-order valence-corrected chi connectivity index (χ1v) is 11.6. The van der Waals surface area contributed by atoms with Crippen molar-refractivity contribution in [2.45, 2.75) is 44.6 Å². The molecule has 1 fully saturated rings. The lowest BCUT2D eigenvalue weighted by Crippen LogP contribution is -2.59. The van der Waals surface area contributed by atoms with Crippen LogP contribution in [0.3, 0.4) is 0 Å². The molecule has 2 aliphatic rings. The summed E-state index contributed by atoms with van der Waals surface area (Å²) in [6, 6.07) is 14.1. The van der Waals surface area contributed by atoms with Crippen LogP contribution < -0.4 is 5.32 Å². The normalized spacial score (nSPS) is 16.3. The molecule has 7 heteroatoms. The Balaban J connectivity index is 1.60. The maximum Gasteiger partial charge on any atom is 0.262 e. The highest BCUT2D eigenvalue weighted by Gasteiger charge is 2.49. The largest absolute Gasteiger partial charge is 0.326 e. The van der Waals surface area contributed by atoms with E-state index in [2.05, 4.69) is 11.9 Å². The minimum atomic E-state index is -1.04. The third kappa shape index (κ3) is 4.25. The number of rotatable bonds is 8. The summed E-state index contributed by atoms with van der Waals surface area (Å²) in [7, 11) is 0. The Kier molecular flexibility index (Phi) is 6.63. The van der Waals surface area contributed by atoms with Gasteiger partial charge in [0.05, 0.1) is 11.1 Å². The second-order valence-corrected chi connectivity index (χ2v) is 8.92. The Morgan fingerprint density at radius 2 is 1.62 bits per heavy atom. The van der Waals surface area contributed by atoms with Crippen LogP contribution in [-0.4, -0.2) is 52.1 Å². The smallest absolute Gasteiger partial charge is 0.262 e. The molecule has 0 aromatic heterocycles. The molecule has 0 spiro atoms. The van der Waals surface area contributed by atoms with Gasteiger partial charge < -0.3 is 10.2 Å². The van der Waals surface area contributed by atoms with Gasteiger partial charge in [0.2, 0.25) is 11.8 Å². The maximum atomic E-state index is 13.6. The molecule has 0 radical (unpaired) electrons. The number of fused-ring (bicyclic) bond motifs is 1. The lowest BCUT2D eigenvalue weighted by atomic mass is 9.92. The van der Waals surface area contributed by atoms with E-state index >= 15 is 0 Å². The summed E-state index contributed by atoms with van der Waals surface area (Å²) in [5, 5.41) is 2.98. The van der Waals surface area contributed by atoms with Crippen molar-refractivity contribution in [2.24, 2.45) is 0 Å². The van der Waals surface area contributed by atoms with Gasteiger partial charge in [0.15, 0.2) is 0 Å². The molecule has 34 heavy (non-hydrogen) atoms. The molecule has 1 saturated carbocycles. The van der Waals surface area contributed by atoms with Crippen LogP contribution in [0.25, 0.3) is 0 Å². The molecular formula is C27H29N3O4. The summed E-state index contributed by atoms with van der Waals surface area (Å²) >= 11 is 0. The van der Waals surface area contributed by atoms with Crippen LogP contribution in [0.4, 0.5) is 5.69 Å². The zero-order valence-electron chi connectivity index (χ0n) is 19.4. The molecule has 0 atom stereocenters. The Bertz CT molecular complexity index is 1100. The molecule has 2 aromatic rings. The molecule has 0 saturated heterocycles. The van der Waals surface area contributed by atoms with Crippen molar-refractivity contribution < 1.29 is 19.2 Å². The van der Waals surface area contributed by atoms with E-state index in [0.29, 0.717) is 36.1 Å². The monoisotopic (exact) mass is 459 g/mol. The quantitative estimate of drug-likeness (QED) is 0.478. The summed E-state index contributed by atoms with van der Waals surface area (Å²) in [4.78, 5) is 55.4. The first-order chi connectivity index (χ1) is 16.4. The van der Waals surface area contributed by atoms with E-state index in [1.807, 2.05) is 31.2 Å². The van der Waals surface area contributed by atoms with E-state index in [0.717, 1.165) is 23.3 Å². The first-order valence-electron chi connectivity index (χ1n) is 11.6. The zero-order valence-corrected chi connectivity index (χ0v) is 19.4. The Morgan fingerprint density at radius 1 is 1.03 bits per heavy atom. The maximum absolute atomic E-state index is 13.6. The van der Waals surface area contributed by atoms with Gasteiger partial charge in [-0.3, -0.25) is 24.1 Å². The number of nitrogens with one attached hydrogen (secondary N) is 1. The van der Waals surface area contributed by atoms with Gasteiger partial charge >= 0.3 is 0 Å². The third-order valence-corrected chi connectivity index (χ3v) is 6.71. The topological polar surface area (TPSA) is 86.8 Å². The minimum Gasteiger partial charge on any atom is -0.326 e. The van der Waals surface area contributed by atoms with Crippen LogP contribution in [-0.2, 0) is 9.59 Å². The van der Waals surface area contributed by atoms with Gasteiger partial charge in [-0.05, 0) is 50.5 Å². The van der Waals surface area contributed by atoms with Gasteiger partial charge in [-0.2, -0.15) is 0 Å². The van der Waals surface area contributed by atoms with E-state index < -0.39 is 29.8 Å². The molecule has 2 aromatic carbocycles. The van der Waals surface area contributed by atoms with Crippen LogP contribution in [0.1, 0.15) is 58.4 Å². The van der Waals surface area contributed by atoms with E-state index in [4.69, 9.17) is 0 Å². The van der Waals surface area contributed by atoms with Crippen LogP contribution in [0.5, 0.6) is 0 Å². The molecule has 4 amide bonds. The number of aryl methyl sites for hydroxylation is 1. The van der Waals surface area contributed by atoms with E-state index in [1.165, 1.54) is 0 Å². The third-order valence-electron chi connectivity index (χ3n) is 6.71. The van der Waals surface area contributed by atoms with Gasteiger partial charge in [-0.1, -0.05) is 48.7 Å². The van der Waals surface area contributed by atoms with Crippen LogP contribution in [0.2, 0.25) is 0 Å². The lowest BCUT2D eigenvalue weighted by molar-refractivity contribution is -0.145. The Labute approximate surface area is 199 Å². The molecule has 176 valence electrons. The van der Waals surface area contributed by atoms with Gasteiger partial charge in [0, 0.05) is 12.2 Å². The lowest BCUT2D eigenvalue weighted by Gasteiger charge is -2.40. The molecule has 1 heterocycles. The van der Waals surface area contributed by atoms with Gasteiger partial charge in [-0.25, -0.2) is 0 Å². The molecular weight excluding hydrogens is 430 g/mol. The van der Waals surface area contributed by atoms with Crippen molar-refractivity contribution in [3.05, 3.63) is 77.9 Å². The average Bonchev–Trinajstić information content (AvgIpc) is 3.42. The molecule has 0 unspecified atom stereocenters. The van der Waals surface area contributed by atoms with Crippen molar-refractivity contribution in [3.63, 3.8) is 0 Å². The highest BCUT2D eigenvalue weighted by atomic mass is 16.2. The van der Waals surface area contributed by atoms with Crippen molar-refractivity contribution >= 4 is 29.3 Å². The number of anilines is 1. The number of carbonyl (C=O) groups excluding carboxylic acids is 4. The highest BCUT2D eigenvalue weighted by Crippen LogP contribution is 2.37. The van der Waals surface area contributed by atoms with Crippen LogP contribution in [0, 0.1) is 6.92 Å². The Morgan fingerprint density at radius 3 is 2.18 bits per heavy atom. The van der Waals surface area contributed by atoms with Crippen molar-refractivity contribution in [2.75, 3.05) is 18.4 Å². The molecule has 1 aliphatic heterocycles. The van der Waals surface area contributed by atoms with Crippen LogP contribution in [0.15, 0.2) is 61.2 Å². The molecule has 1 N–H and O–H groups in total. The number of carbonyl (C=O) groups is 4. The molecule has 7 nitrogen and oxygen atoms in total. The fraction of sp³-hybridized carbons (Fsp3) is 0.333. The van der Waals surface area contributed by atoms with Gasteiger partial charge in [0.1, 0.15) is 12.1 Å². The predicted molar refractivity (Wildman–Crippen MR) is 129 cm³/mol. The average molecular weight is 460 g/mol. The summed E-state index contributed by atoms with van der Waals surface area (Å²) < 4.78 is 0. The number of benzene rings is 2. The number of hydrogen-bond acceptors (Lipinski definition) is 4. The van der Waals surface area contributed by atoms with E-state index in [-0.39, 0.29) is 12.5 Å². The van der Waals surface area contributed by atoms with Gasteiger partial charge in [-0.15, -0.1) is 6.58 Å².